The lowest BCUT2D eigenvalue weighted by Gasteiger charge is -2.11. The van der Waals surface area contributed by atoms with E-state index in [1.165, 1.54) is 7.11 Å². The quantitative estimate of drug-likeness (QED) is 0.303. The summed E-state index contributed by atoms with van der Waals surface area (Å²) in [4.78, 5) is 11.5. The van der Waals surface area contributed by atoms with Crippen molar-refractivity contribution in [1.29, 1.82) is 0 Å². The van der Waals surface area contributed by atoms with Crippen LogP contribution in [0.4, 0.5) is 0 Å². The van der Waals surface area contributed by atoms with E-state index in [0.717, 1.165) is 22.1 Å². The molecule has 33 heavy (non-hydrogen) atoms. The van der Waals surface area contributed by atoms with Crippen LogP contribution in [0, 0.1) is 0 Å². The van der Waals surface area contributed by atoms with Crippen molar-refractivity contribution in [2.75, 3.05) is 21.3 Å². The number of hydrogen-bond acceptors (Lipinski definition) is 6. The number of carbonyl (C=O) groups excluding carboxylic acids is 1. The first-order chi connectivity index (χ1) is 16.1. The Bertz CT molecular complexity index is 1240. The molecule has 0 spiro atoms. The third-order valence-corrected chi connectivity index (χ3v) is 5.39. The Morgan fingerprint density at radius 1 is 0.818 bits per heavy atom. The molecule has 0 saturated heterocycles. The first-order valence-corrected chi connectivity index (χ1v) is 10.6. The predicted octanol–water partition coefficient (Wildman–Crippen LogP) is 5.80. The molecule has 170 valence electrons. The highest BCUT2D eigenvalue weighted by atomic mass is 16.5. The highest BCUT2D eigenvalue weighted by molar-refractivity contribution is 5.88. The minimum atomic E-state index is -0.247. The number of methoxy groups -OCH3 is 3. The van der Waals surface area contributed by atoms with E-state index in [2.05, 4.69) is 0 Å². The summed E-state index contributed by atoms with van der Waals surface area (Å²) in [6.45, 7) is 0.451. The Labute approximate surface area is 192 Å². The van der Waals surface area contributed by atoms with E-state index in [1.807, 2.05) is 66.7 Å². The molecule has 0 unspecified atom stereocenters. The Morgan fingerprint density at radius 3 is 2.33 bits per heavy atom. The summed E-state index contributed by atoms with van der Waals surface area (Å²) in [6.07, 6.45) is 0.859. The topological polar surface area (TPSA) is 67.1 Å². The summed E-state index contributed by atoms with van der Waals surface area (Å²) < 4.78 is 27.9. The van der Waals surface area contributed by atoms with Gasteiger partial charge in [-0.1, -0.05) is 30.3 Å². The van der Waals surface area contributed by atoms with Crippen LogP contribution in [-0.2, 0) is 22.6 Å². The molecule has 3 aromatic carbocycles. The van der Waals surface area contributed by atoms with Crippen molar-refractivity contribution < 1.29 is 28.2 Å². The number of rotatable bonds is 9. The molecule has 0 atom stereocenters. The van der Waals surface area contributed by atoms with Gasteiger partial charge in [0.05, 0.1) is 21.3 Å². The van der Waals surface area contributed by atoms with Gasteiger partial charge in [-0.05, 0) is 53.9 Å². The van der Waals surface area contributed by atoms with Crippen LogP contribution < -0.4 is 14.2 Å². The van der Waals surface area contributed by atoms with Crippen LogP contribution in [0.15, 0.2) is 71.1 Å². The third-order valence-electron chi connectivity index (χ3n) is 5.39. The average molecular weight is 446 g/mol. The first-order valence-electron chi connectivity index (χ1n) is 10.6. The van der Waals surface area contributed by atoms with Gasteiger partial charge in [0, 0.05) is 17.4 Å². The predicted molar refractivity (Wildman–Crippen MR) is 126 cm³/mol. The van der Waals surface area contributed by atoms with Crippen molar-refractivity contribution in [3.8, 4) is 28.6 Å². The first kappa shape index (κ1) is 22.3. The molecule has 6 heteroatoms. The molecule has 1 aromatic heterocycles. The summed E-state index contributed by atoms with van der Waals surface area (Å²) in [6, 6.07) is 21.5. The molecule has 0 saturated carbocycles. The maximum Gasteiger partial charge on any atom is 0.305 e. The summed E-state index contributed by atoms with van der Waals surface area (Å²) in [5, 5.41) is 0.896. The van der Waals surface area contributed by atoms with Gasteiger partial charge in [-0.25, -0.2) is 0 Å². The Kier molecular flexibility index (Phi) is 6.83. The fourth-order valence-corrected chi connectivity index (χ4v) is 3.64. The average Bonchev–Trinajstić information content (AvgIpc) is 3.30. The molecule has 0 N–H and O–H groups in total. The molecule has 0 fully saturated rings. The second kappa shape index (κ2) is 10.1. The highest BCUT2D eigenvalue weighted by Gasteiger charge is 2.15. The molecule has 4 rings (SSSR count). The lowest BCUT2D eigenvalue weighted by atomic mass is 10.1. The summed E-state index contributed by atoms with van der Waals surface area (Å²) >= 11 is 0. The molecule has 6 nitrogen and oxygen atoms in total. The van der Waals surface area contributed by atoms with E-state index in [0.29, 0.717) is 48.0 Å². The molecular weight excluding hydrogens is 420 g/mol. The monoisotopic (exact) mass is 446 g/mol. The number of benzene rings is 3. The van der Waals surface area contributed by atoms with Gasteiger partial charge in [0.2, 0.25) is 0 Å². The van der Waals surface area contributed by atoms with Gasteiger partial charge >= 0.3 is 5.97 Å². The summed E-state index contributed by atoms with van der Waals surface area (Å²) in [5.74, 6) is 2.33. The van der Waals surface area contributed by atoms with E-state index < -0.39 is 0 Å². The van der Waals surface area contributed by atoms with Crippen molar-refractivity contribution in [1.82, 2.24) is 0 Å². The van der Waals surface area contributed by atoms with E-state index in [9.17, 15) is 4.79 Å². The standard InChI is InChI=1S/C27H26O6/c1-29-24-15-20(10-11-22(24)32-17-18-7-5-4-6-8-18)23-16-21-13-19(9-12-26(28)31-3)14-25(30-2)27(21)33-23/h4-8,10-11,13-16H,9,12,17H2,1-3H3. The molecule has 0 aliphatic carbocycles. The Hall–Kier alpha value is -3.93. The number of carbonyl (C=O) groups is 1. The lowest BCUT2D eigenvalue weighted by molar-refractivity contribution is -0.140. The van der Waals surface area contributed by atoms with Gasteiger partial charge in [0.15, 0.2) is 22.8 Å². The smallest absolute Gasteiger partial charge is 0.305 e. The van der Waals surface area contributed by atoms with E-state index >= 15 is 0 Å². The van der Waals surface area contributed by atoms with Crippen molar-refractivity contribution in [3.05, 3.63) is 77.9 Å². The van der Waals surface area contributed by atoms with E-state index in [-0.39, 0.29) is 5.97 Å². The number of ether oxygens (including phenoxy) is 4. The van der Waals surface area contributed by atoms with E-state index in [1.54, 1.807) is 14.2 Å². The molecule has 0 bridgehead atoms. The van der Waals surface area contributed by atoms with Gasteiger partial charge in [0.25, 0.3) is 0 Å². The van der Waals surface area contributed by atoms with Crippen LogP contribution >= 0.6 is 0 Å². The van der Waals surface area contributed by atoms with Gasteiger partial charge in [-0.2, -0.15) is 0 Å². The number of aryl methyl sites for hydroxylation is 1. The maximum absolute atomic E-state index is 11.5. The second-order valence-electron chi connectivity index (χ2n) is 7.54. The maximum atomic E-state index is 11.5. The number of hydrogen-bond donors (Lipinski definition) is 0. The molecule has 0 aliphatic rings. The number of esters is 1. The number of fused-ring (bicyclic) bond motifs is 1. The van der Waals surface area contributed by atoms with Crippen molar-refractivity contribution in [3.63, 3.8) is 0 Å². The fourth-order valence-electron chi connectivity index (χ4n) is 3.64. The van der Waals surface area contributed by atoms with Crippen LogP contribution in [0.5, 0.6) is 17.2 Å². The third kappa shape index (κ3) is 5.12. The molecular formula is C27H26O6. The van der Waals surface area contributed by atoms with Crippen molar-refractivity contribution in [2.45, 2.75) is 19.4 Å². The molecule has 1 heterocycles. The zero-order valence-corrected chi connectivity index (χ0v) is 18.9. The highest BCUT2D eigenvalue weighted by Crippen LogP contribution is 2.38. The van der Waals surface area contributed by atoms with Crippen LogP contribution in [0.2, 0.25) is 0 Å². The largest absolute Gasteiger partial charge is 0.493 e. The van der Waals surface area contributed by atoms with Gasteiger partial charge in [-0.3, -0.25) is 4.79 Å². The molecule has 4 aromatic rings. The zero-order chi connectivity index (χ0) is 23.2. The summed E-state index contributed by atoms with van der Waals surface area (Å²) in [5.41, 5.74) is 3.56. The normalized spacial score (nSPS) is 10.8. The van der Waals surface area contributed by atoms with Gasteiger partial charge < -0.3 is 23.4 Å². The Morgan fingerprint density at radius 2 is 1.61 bits per heavy atom. The molecule has 0 aliphatic heterocycles. The zero-order valence-electron chi connectivity index (χ0n) is 18.9. The van der Waals surface area contributed by atoms with Crippen molar-refractivity contribution in [2.24, 2.45) is 0 Å². The van der Waals surface area contributed by atoms with Crippen LogP contribution in [0.3, 0.4) is 0 Å². The minimum absolute atomic E-state index is 0.247. The second-order valence-corrected chi connectivity index (χ2v) is 7.54. The van der Waals surface area contributed by atoms with E-state index in [4.69, 9.17) is 23.4 Å². The van der Waals surface area contributed by atoms with Crippen molar-refractivity contribution >= 4 is 16.9 Å². The molecule has 0 amide bonds. The SMILES string of the molecule is COC(=O)CCc1cc(OC)c2oc(-c3ccc(OCc4ccccc4)c(OC)c3)cc2c1. The fraction of sp³-hybridized carbons (Fsp3) is 0.222. The van der Waals surface area contributed by atoms with Crippen LogP contribution in [0.1, 0.15) is 17.5 Å². The van der Waals surface area contributed by atoms with Crippen LogP contribution in [-0.4, -0.2) is 27.3 Å². The molecule has 0 radical (unpaired) electrons. The lowest BCUT2D eigenvalue weighted by Crippen LogP contribution is -2.02. The minimum Gasteiger partial charge on any atom is -0.493 e. The Balaban J connectivity index is 1.60. The van der Waals surface area contributed by atoms with Gasteiger partial charge in [0.1, 0.15) is 12.4 Å². The van der Waals surface area contributed by atoms with Crippen LogP contribution in [0.25, 0.3) is 22.3 Å². The number of furan rings is 1. The van der Waals surface area contributed by atoms with Gasteiger partial charge in [-0.15, -0.1) is 0 Å². The summed E-state index contributed by atoms with van der Waals surface area (Å²) in [7, 11) is 4.60.